The third-order valence-electron chi connectivity index (χ3n) is 4.15. The van der Waals surface area contributed by atoms with Crippen LogP contribution in [0, 0.1) is 17.7 Å². The van der Waals surface area contributed by atoms with E-state index in [0.717, 1.165) is 0 Å². The number of methoxy groups -OCH3 is 1. The molecule has 1 aromatic rings. The summed E-state index contributed by atoms with van der Waals surface area (Å²) in [4.78, 5) is 25.0. The van der Waals surface area contributed by atoms with Crippen LogP contribution in [0.5, 0.6) is 5.75 Å². The van der Waals surface area contributed by atoms with E-state index in [1.54, 1.807) is 11.0 Å². The highest BCUT2D eigenvalue weighted by Gasteiger charge is 2.32. The molecule has 2 atom stereocenters. The number of carbonyl (C=O) groups excluding carboxylic acids is 1. The average molecular weight is 309 g/mol. The summed E-state index contributed by atoms with van der Waals surface area (Å²) in [5, 5.41) is 9.09. The summed E-state index contributed by atoms with van der Waals surface area (Å²) in [6.45, 7) is 2.69. The number of nitrogens with zero attached hydrogens (tertiary/aromatic N) is 1. The van der Waals surface area contributed by atoms with Crippen LogP contribution in [0.25, 0.3) is 0 Å². The zero-order chi connectivity index (χ0) is 16.3. The number of likely N-dealkylation sites (tertiary alicyclic amines) is 1. The lowest BCUT2D eigenvalue weighted by molar-refractivity contribution is -0.148. The summed E-state index contributed by atoms with van der Waals surface area (Å²) in [6.07, 6.45) is 0.560. The van der Waals surface area contributed by atoms with Gasteiger partial charge in [0.2, 0.25) is 5.91 Å². The number of aliphatic carboxylic acids is 1. The molecule has 1 heterocycles. The van der Waals surface area contributed by atoms with Gasteiger partial charge in [0.1, 0.15) is 0 Å². The maximum absolute atomic E-state index is 13.6. The molecule has 0 aliphatic carbocycles. The molecule has 0 radical (unpaired) electrons. The Labute approximate surface area is 128 Å². The van der Waals surface area contributed by atoms with Gasteiger partial charge in [0.15, 0.2) is 11.6 Å². The summed E-state index contributed by atoms with van der Waals surface area (Å²) >= 11 is 0. The molecule has 0 spiro atoms. The second-order valence-electron chi connectivity index (χ2n) is 5.70. The second-order valence-corrected chi connectivity index (χ2v) is 5.70. The van der Waals surface area contributed by atoms with Crippen molar-refractivity contribution in [1.82, 2.24) is 4.90 Å². The first-order chi connectivity index (χ1) is 10.4. The van der Waals surface area contributed by atoms with Crippen molar-refractivity contribution in [3.63, 3.8) is 0 Å². The maximum Gasteiger partial charge on any atom is 0.306 e. The smallest absolute Gasteiger partial charge is 0.306 e. The largest absolute Gasteiger partial charge is 0.494 e. The summed E-state index contributed by atoms with van der Waals surface area (Å²) in [5.41, 5.74) is 0.580. The Morgan fingerprint density at radius 2 is 2.18 bits per heavy atom. The van der Waals surface area contributed by atoms with Crippen molar-refractivity contribution in [2.24, 2.45) is 11.8 Å². The summed E-state index contributed by atoms with van der Waals surface area (Å²) in [5.74, 6) is -1.75. The molecule has 1 amide bonds. The Bertz CT molecular complexity index is 575. The number of piperidine rings is 1. The SMILES string of the molecule is COc1ccc(CC(=O)N2CCC(C(=O)O)C(C)C2)cc1F. The molecule has 1 fully saturated rings. The first-order valence-corrected chi connectivity index (χ1v) is 7.25. The number of carboxylic acid groups (broad SMARTS) is 1. The van der Waals surface area contributed by atoms with E-state index >= 15 is 0 Å². The van der Waals surface area contributed by atoms with Crippen LogP contribution in [0.15, 0.2) is 18.2 Å². The molecule has 6 heteroatoms. The van der Waals surface area contributed by atoms with Gasteiger partial charge in [-0.05, 0) is 30.0 Å². The number of benzene rings is 1. The fourth-order valence-electron chi connectivity index (χ4n) is 2.85. The van der Waals surface area contributed by atoms with Crippen molar-refractivity contribution < 1.29 is 23.8 Å². The fourth-order valence-corrected chi connectivity index (χ4v) is 2.85. The van der Waals surface area contributed by atoms with Gasteiger partial charge in [-0.15, -0.1) is 0 Å². The topological polar surface area (TPSA) is 66.8 Å². The molecule has 0 saturated carbocycles. The molecule has 5 nitrogen and oxygen atoms in total. The van der Waals surface area contributed by atoms with Gasteiger partial charge in [-0.1, -0.05) is 13.0 Å². The number of carboxylic acids is 1. The minimum Gasteiger partial charge on any atom is -0.494 e. The molecule has 2 rings (SSSR count). The number of hydrogen-bond donors (Lipinski definition) is 1. The van der Waals surface area contributed by atoms with Crippen LogP contribution in [-0.2, 0) is 16.0 Å². The molecular weight excluding hydrogens is 289 g/mol. The van der Waals surface area contributed by atoms with Crippen LogP contribution in [0.3, 0.4) is 0 Å². The lowest BCUT2D eigenvalue weighted by Crippen LogP contribution is -2.45. The number of halogens is 1. The molecule has 22 heavy (non-hydrogen) atoms. The quantitative estimate of drug-likeness (QED) is 0.923. The van der Waals surface area contributed by atoms with E-state index in [2.05, 4.69) is 0 Å². The minimum atomic E-state index is -0.808. The van der Waals surface area contributed by atoms with E-state index in [1.165, 1.54) is 19.2 Å². The van der Waals surface area contributed by atoms with Gasteiger partial charge in [-0.3, -0.25) is 9.59 Å². The second kappa shape index (κ2) is 6.77. The molecule has 0 bridgehead atoms. The van der Waals surface area contributed by atoms with E-state index in [4.69, 9.17) is 9.84 Å². The molecule has 0 aromatic heterocycles. The van der Waals surface area contributed by atoms with Crippen molar-refractivity contribution in [1.29, 1.82) is 0 Å². The zero-order valence-corrected chi connectivity index (χ0v) is 12.7. The zero-order valence-electron chi connectivity index (χ0n) is 12.7. The summed E-state index contributed by atoms with van der Waals surface area (Å²) in [6, 6.07) is 4.45. The van der Waals surface area contributed by atoms with Crippen molar-refractivity contribution in [2.45, 2.75) is 19.8 Å². The average Bonchev–Trinajstić information content (AvgIpc) is 2.46. The van der Waals surface area contributed by atoms with Crippen molar-refractivity contribution in [3.8, 4) is 5.75 Å². The lowest BCUT2D eigenvalue weighted by Gasteiger charge is -2.35. The minimum absolute atomic E-state index is 0.0807. The van der Waals surface area contributed by atoms with Gasteiger partial charge in [-0.25, -0.2) is 4.39 Å². The van der Waals surface area contributed by atoms with E-state index in [0.29, 0.717) is 25.1 Å². The van der Waals surface area contributed by atoms with Gasteiger partial charge < -0.3 is 14.7 Å². The number of rotatable bonds is 4. The van der Waals surface area contributed by atoms with Crippen LogP contribution in [0.4, 0.5) is 4.39 Å². The molecule has 1 saturated heterocycles. The van der Waals surface area contributed by atoms with Crippen LogP contribution in [0.2, 0.25) is 0 Å². The van der Waals surface area contributed by atoms with Gasteiger partial charge >= 0.3 is 5.97 Å². The summed E-state index contributed by atoms with van der Waals surface area (Å²) in [7, 11) is 1.39. The van der Waals surface area contributed by atoms with E-state index in [1.807, 2.05) is 6.92 Å². The monoisotopic (exact) mass is 309 g/mol. The van der Waals surface area contributed by atoms with Crippen molar-refractivity contribution in [2.75, 3.05) is 20.2 Å². The first kappa shape index (κ1) is 16.3. The Balaban J connectivity index is 1.98. The first-order valence-electron chi connectivity index (χ1n) is 7.25. The normalized spacial score (nSPS) is 21.5. The van der Waals surface area contributed by atoms with Crippen LogP contribution in [-0.4, -0.2) is 42.1 Å². The molecular formula is C16H20FNO4. The predicted molar refractivity (Wildman–Crippen MR) is 78.1 cm³/mol. The van der Waals surface area contributed by atoms with Gasteiger partial charge in [0.05, 0.1) is 19.4 Å². The Hall–Kier alpha value is -2.11. The Morgan fingerprint density at radius 1 is 1.45 bits per heavy atom. The van der Waals surface area contributed by atoms with Crippen molar-refractivity contribution in [3.05, 3.63) is 29.6 Å². The molecule has 120 valence electrons. The molecule has 1 aromatic carbocycles. The van der Waals surface area contributed by atoms with Gasteiger partial charge in [0.25, 0.3) is 0 Å². The lowest BCUT2D eigenvalue weighted by atomic mass is 9.87. The molecule has 1 N–H and O–H groups in total. The van der Waals surface area contributed by atoms with Crippen LogP contribution < -0.4 is 4.74 Å². The molecule has 2 unspecified atom stereocenters. The fraction of sp³-hybridized carbons (Fsp3) is 0.500. The molecule has 1 aliphatic rings. The van der Waals surface area contributed by atoms with E-state index in [-0.39, 0.29) is 24.0 Å². The number of hydrogen-bond acceptors (Lipinski definition) is 3. The standard InChI is InChI=1S/C16H20FNO4/c1-10-9-18(6-5-12(10)16(20)21)15(19)8-11-3-4-14(22-2)13(17)7-11/h3-4,7,10,12H,5-6,8-9H2,1-2H3,(H,20,21). The Kier molecular flexibility index (Phi) is 5.00. The molecule has 1 aliphatic heterocycles. The van der Waals surface area contributed by atoms with Gasteiger partial charge in [-0.2, -0.15) is 0 Å². The van der Waals surface area contributed by atoms with E-state index < -0.39 is 17.7 Å². The third kappa shape index (κ3) is 3.55. The highest BCUT2D eigenvalue weighted by Crippen LogP contribution is 2.24. The van der Waals surface area contributed by atoms with Crippen LogP contribution in [0.1, 0.15) is 18.9 Å². The third-order valence-corrected chi connectivity index (χ3v) is 4.15. The van der Waals surface area contributed by atoms with E-state index in [9.17, 15) is 14.0 Å². The number of carbonyl (C=O) groups is 2. The van der Waals surface area contributed by atoms with Crippen LogP contribution >= 0.6 is 0 Å². The highest BCUT2D eigenvalue weighted by atomic mass is 19.1. The predicted octanol–water partition coefficient (Wildman–Crippen LogP) is 1.95. The highest BCUT2D eigenvalue weighted by molar-refractivity contribution is 5.79. The number of amides is 1. The number of ether oxygens (including phenoxy) is 1. The van der Waals surface area contributed by atoms with Crippen molar-refractivity contribution >= 4 is 11.9 Å². The maximum atomic E-state index is 13.6. The van der Waals surface area contributed by atoms with Gasteiger partial charge in [0, 0.05) is 13.1 Å². The Morgan fingerprint density at radius 3 is 2.73 bits per heavy atom. The summed E-state index contributed by atoms with van der Waals surface area (Å²) < 4.78 is 18.5.